The molecule has 0 radical (unpaired) electrons. The number of rotatable bonds is 11. The summed E-state index contributed by atoms with van der Waals surface area (Å²) in [6.07, 6.45) is 0. The molecule has 0 bridgehead atoms. The summed E-state index contributed by atoms with van der Waals surface area (Å²) < 4.78 is 15.0. The Morgan fingerprint density at radius 2 is 0.690 bits per heavy atom. The van der Waals surface area contributed by atoms with Gasteiger partial charge >= 0.3 is 0 Å². The third-order valence-electron chi connectivity index (χ3n) is 23.6. The van der Waals surface area contributed by atoms with Crippen molar-refractivity contribution in [2.75, 3.05) is 24.5 Å². The average Bonchev–Trinajstić information content (AvgIpc) is 0.818. The molecule has 113 heavy (non-hydrogen) atoms. The van der Waals surface area contributed by atoms with Crippen LogP contribution in [-0.4, -0.2) is 13.4 Å². The molecule has 4 aliphatic rings. The number of nitrogens with zero attached hydrogens (tertiary/aromatic N) is 5. The average molecular weight is 1490 g/mol. The van der Waals surface area contributed by atoms with Crippen LogP contribution < -0.4 is 62.0 Å². The van der Waals surface area contributed by atoms with Crippen molar-refractivity contribution in [3.05, 3.63) is 382 Å². The fourth-order valence-corrected chi connectivity index (χ4v) is 22.5. The van der Waals surface area contributed by atoms with Crippen molar-refractivity contribution < 1.29 is 4.74 Å². The molecular weight excluding hydrogens is 1430 g/mol. The van der Waals surface area contributed by atoms with Crippen LogP contribution in [0.5, 0.6) is 11.5 Å². The Kier molecular flexibility index (Phi) is 14.5. The van der Waals surface area contributed by atoms with Gasteiger partial charge in [0.15, 0.2) is 0 Å². The van der Waals surface area contributed by atoms with Crippen LogP contribution in [0.15, 0.2) is 382 Å². The maximum absolute atomic E-state index is 7.56. The normalized spacial score (nSPS) is 12.9. The van der Waals surface area contributed by atoms with Crippen molar-refractivity contribution in [3.63, 3.8) is 0 Å². The number of para-hydroxylation sites is 6. The van der Waals surface area contributed by atoms with Crippen LogP contribution in [0.3, 0.4) is 0 Å². The maximum Gasteiger partial charge on any atom is 0.256 e. The van der Waals surface area contributed by atoms with E-state index in [0.717, 1.165) is 130 Å². The zero-order valence-electron chi connectivity index (χ0n) is 60.9. The third-order valence-corrected chi connectivity index (χ3v) is 27.2. The van der Waals surface area contributed by atoms with Crippen LogP contribution >= 0.6 is 34.0 Å². The van der Waals surface area contributed by atoms with E-state index in [1.807, 2.05) is 34.0 Å². The Hall–Kier alpha value is -13.7. The van der Waals surface area contributed by atoms with Crippen LogP contribution in [0.1, 0.15) is 0 Å². The molecule has 7 heterocycles. The number of anilines is 15. The highest BCUT2D eigenvalue weighted by Gasteiger charge is 2.50. The summed E-state index contributed by atoms with van der Waals surface area (Å²) in [5.74, 6) is 1.67. The number of hydrogen-bond donors (Lipinski definition) is 0. The lowest BCUT2D eigenvalue weighted by molar-refractivity contribution is 0.487. The minimum atomic E-state index is -0.304. The molecule has 11 heteroatoms. The molecule has 24 rings (SSSR count). The van der Waals surface area contributed by atoms with E-state index in [1.165, 1.54) is 82.4 Å². The van der Waals surface area contributed by atoms with Gasteiger partial charge in [0.25, 0.3) is 13.4 Å². The van der Waals surface area contributed by atoms with E-state index in [0.29, 0.717) is 0 Å². The van der Waals surface area contributed by atoms with Gasteiger partial charge in [-0.05, 0) is 159 Å². The molecule has 0 atom stereocenters. The first-order chi connectivity index (χ1) is 56.1. The van der Waals surface area contributed by atoms with Gasteiger partial charge in [-0.15, -0.1) is 34.0 Å². The van der Waals surface area contributed by atoms with E-state index < -0.39 is 0 Å². The van der Waals surface area contributed by atoms with Gasteiger partial charge in [-0.3, -0.25) is 0 Å². The lowest BCUT2D eigenvalue weighted by atomic mass is 9.30. The first-order valence-corrected chi connectivity index (χ1v) is 41.0. The fraction of sp³-hybridized carbons (Fsp3) is 0. The van der Waals surface area contributed by atoms with Crippen molar-refractivity contribution in [3.8, 4) is 33.8 Å². The molecule has 17 aromatic carbocycles. The fourth-order valence-electron chi connectivity index (χ4n) is 19.0. The minimum Gasteiger partial charge on any atom is -0.458 e. The topological polar surface area (TPSA) is 25.4 Å². The molecule has 4 aliphatic heterocycles. The molecule has 0 saturated carbocycles. The first-order valence-electron chi connectivity index (χ1n) is 38.6. The van der Waals surface area contributed by atoms with E-state index in [2.05, 4.69) is 407 Å². The number of fused-ring (bicyclic) bond motifs is 17. The van der Waals surface area contributed by atoms with Crippen LogP contribution in [0.2, 0.25) is 0 Å². The van der Waals surface area contributed by atoms with Crippen molar-refractivity contribution >= 4 is 226 Å². The SMILES string of the molecule is c1ccc(-c2cccc(-c3ccccc3)c2N2c3cc4c(cc3B3c5ccccc5N(c5cccc6c5sc5ccccc56)c5cc(N(c6ccccc6)c6cccc7c6sc6ccccc67)cc2c53)B2c3ccccc3Oc3cc(N(c5ccccc5)c5ccccc5)cc(c32)N4c2cccc3sc4ccccc4c23)cc1. The smallest absolute Gasteiger partial charge is 0.256 e. The predicted molar refractivity (Wildman–Crippen MR) is 485 cm³/mol. The summed E-state index contributed by atoms with van der Waals surface area (Å²) in [6.45, 7) is -0.581. The lowest BCUT2D eigenvalue weighted by Gasteiger charge is -2.47. The highest BCUT2D eigenvalue weighted by Crippen LogP contribution is 2.57. The van der Waals surface area contributed by atoms with Gasteiger partial charge in [-0.25, -0.2) is 0 Å². The van der Waals surface area contributed by atoms with E-state index >= 15 is 0 Å². The van der Waals surface area contributed by atoms with Gasteiger partial charge in [0.2, 0.25) is 0 Å². The minimum absolute atomic E-state index is 0.277. The monoisotopic (exact) mass is 1490 g/mol. The second-order valence-corrected chi connectivity index (χ2v) is 32.9. The van der Waals surface area contributed by atoms with Crippen molar-refractivity contribution in [1.29, 1.82) is 0 Å². The van der Waals surface area contributed by atoms with Crippen LogP contribution in [0.25, 0.3) is 82.8 Å². The van der Waals surface area contributed by atoms with Gasteiger partial charge < -0.3 is 29.2 Å². The zero-order valence-corrected chi connectivity index (χ0v) is 63.3. The number of benzene rings is 17. The Morgan fingerprint density at radius 3 is 1.35 bits per heavy atom. The molecule has 0 unspecified atom stereocenters. The zero-order chi connectivity index (χ0) is 73.9. The summed E-state index contributed by atoms with van der Waals surface area (Å²) >= 11 is 5.61. The van der Waals surface area contributed by atoms with Gasteiger partial charge in [0.05, 0.1) is 43.5 Å². The van der Waals surface area contributed by atoms with Gasteiger partial charge in [0, 0.05) is 119 Å². The highest BCUT2D eigenvalue weighted by atomic mass is 32.1. The van der Waals surface area contributed by atoms with Gasteiger partial charge in [-0.2, -0.15) is 0 Å². The van der Waals surface area contributed by atoms with E-state index in [-0.39, 0.29) is 13.4 Å². The number of hydrogen-bond acceptors (Lipinski definition) is 9. The predicted octanol–water partition coefficient (Wildman–Crippen LogP) is 25.6. The standard InChI is InChI=1S/C102H63B2N5OS3/c1-6-30-64(31-7-1)71-43-26-44-72(65-32-8-2-9-33-65)100(71)109-87-63-86-80(104-79-48-20-22-53-91(79)110-92-61-70(105(66-34-10-3-11-35-66)67-36-12-4-13-37-67)60-90(99(92)104)108(86)83-50-29-57-96-97(83)77-42-18-25-56-95(77)111-96)62-81(87)103-78-47-19-21-49-82(78)107(85-52-28-46-76-74-41-17-24-55-94(74)113-102(76)85)88-58-69(59-89(109)98(88)103)106(68-38-14-5-15-39-68)84-51-27-45-75-73-40-16-23-54-93(73)112-101(75)84/h1-63H. The Morgan fingerprint density at radius 1 is 0.248 bits per heavy atom. The van der Waals surface area contributed by atoms with E-state index in [4.69, 9.17) is 4.74 Å². The lowest BCUT2D eigenvalue weighted by Crippen LogP contribution is -2.64. The summed E-state index contributed by atoms with van der Waals surface area (Å²) in [6, 6.07) is 143. The highest BCUT2D eigenvalue weighted by molar-refractivity contribution is 7.27. The molecular formula is C102H63B2N5OS3. The van der Waals surface area contributed by atoms with Crippen LogP contribution in [0.4, 0.5) is 85.3 Å². The molecule has 0 spiro atoms. The number of ether oxygens (including phenoxy) is 1. The Labute approximate surface area is 666 Å². The largest absolute Gasteiger partial charge is 0.458 e. The second kappa shape index (κ2) is 25.4. The summed E-state index contributed by atoms with van der Waals surface area (Å²) in [4.78, 5) is 13.0. The van der Waals surface area contributed by atoms with Crippen molar-refractivity contribution in [2.24, 2.45) is 0 Å². The van der Waals surface area contributed by atoms with Gasteiger partial charge in [-0.1, -0.05) is 261 Å². The number of thiophene rings is 3. The molecule has 6 nitrogen and oxygen atoms in total. The summed E-state index contributed by atoms with van der Waals surface area (Å²) in [7, 11) is 0. The molecule has 20 aromatic rings. The molecule has 0 N–H and O–H groups in total. The molecule has 0 amide bonds. The first kappa shape index (κ1) is 64.2. The Bertz CT molecular complexity index is 7200. The van der Waals surface area contributed by atoms with Gasteiger partial charge in [0.1, 0.15) is 11.5 Å². The third kappa shape index (κ3) is 9.79. The summed E-state index contributed by atoms with van der Waals surface area (Å²) in [5, 5.41) is 7.41. The van der Waals surface area contributed by atoms with Crippen LogP contribution in [0, 0.1) is 0 Å². The quantitative estimate of drug-likeness (QED) is 0.120. The molecule has 0 saturated heterocycles. The molecule has 0 fully saturated rings. The Balaban J connectivity index is 0.877. The van der Waals surface area contributed by atoms with Crippen LogP contribution in [-0.2, 0) is 0 Å². The second-order valence-electron chi connectivity index (χ2n) is 29.7. The summed E-state index contributed by atoms with van der Waals surface area (Å²) in [5.41, 5.74) is 27.6. The molecule has 0 aliphatic carbocycles. The maximum atomic E-state index is 7.56. The van der Waals surface area contributed by atoms with E-state index in [1.54, 1.807) is 0 Å². The van der Waals surface area contributed by atoms with Crippen molar-refractivity contribution in [2.45, 2.75) is 0 Å². The molecule has 3 aromatic heterocycles. The van der Waals surface area contributed by atoms with Crippen molar-refractivity contribution in [1.82, 2.24) is 0 Å². The molecule has 526 valence electrons. The van der Waals surface area contributed by atoms with E-state index in [9.17, 15) is 0 Å².